The van der Waals surface area contributed by atoms with Gasteiger partial charge in [-0.15, -0.1) is 0 Å². The molecule has 1 aliphatic rings. The first kappa shape index (κ1) is 11.7. The lowest BCUT2D eigenvalue weighted by Crippen LogP contribution is -2.24. The molecule has 0 fully saturated rings. The fourth-order valence-corrected chi connectivity index (χ4v) is 2.08. The lowest BCUT2D eigenvalue weighted by atomic mass is 10.1. The van der Waals surface area contributed by atoms with E-state index in [1.165, 1.54) is 0 Å². The highest BCUT2D eigenvalue weighted by Crippen LogP contribution is 2.33. The van der Waals surface area contributed by atoms with Gasteiger partial charge in [0, 0.05) is 16.3 Å². The van der Waals surface area contributed by atoms with Crippen LogP contribution in [0.5, 0.6) is 5.75 Å². The van der Waals surface area contributed by atoms with E-state index in [1.54, 1.807) is 12.1 Å². The smallest absolute Gasteiger partial charge is 0.147 e. The van der Waals surface area contributed by atoms with Crippen molar-refractivity contribution in [3.63, 3.8) is 0 Å². The Morgan fingerprint density at radius 1 is 1.44 bits per heavy atom. The van der Waals surface area contributed by atoms with E-state index in [1.807, 2.05) is 6.92 Å². The van der Waals surface area contributed by atoms with Crippen LogP contribution in [0.4, 0.5) is 0 Å². The second-order valence-electron chi connectivity index (χ2n) is 3.66. The molecule has 86 valence electrons. The van der Waals surface area contributed by atoms with Crippen molar-refractivity contribution >= 4 is 28.9 Å². The quantitative estimate of drug-likeness (QED) is 0.778. The van der Waals surface area contributed by atoms with E-state index in [9.17, 15) is 5.11 Å². The summed E-state index contributed by atoms with van der Waals surface area (Å²) in [6.45, 7) is 2.35. The molecule has 16 heavy (non-hydrogen) atoms. The molecule has 2 rings (SSSR count). The number of benzene rings is 1. The minimum absolute atomic E-state index is 0.186. The number of halogens is 2. The van der Waals surface area contributed by atoms with E-state index in [-0.39, 0.29) is 6.61 Å². The summed E-state index contributed by atoms with van der Waals surface area (Å²) in [6.07, 6.45) is -0.602. The first-order valence-electron chi connectivity index (χ1n) is 4.89. The van der Waals surface area contributed by atoms with E-state index < -0.39 is 6.10 Å². The Morgan fingerprint density at radius 2 is 2.19 bits per heavy atom. The van der Waals surface area contributed by atoms with Crippen molar-refractivity contribution in [1.29, 1.82) is 0 Å². The van der Waals surface area contributed by atoms with Crippen molar-refractivity contribution in [1.82, 2.24) is 0 Å². The number of aliphatic hydroxyl groups is 1. The second kappa shape index (κ2) is 4.62. The average Bonchev–Trinajstić information content (AvgIpc) is 2.22. The molecule has 0 bridgehead atoms. The Hall–Kier alpha value is -0.770. The first-order valence-corrected chi connectivity index (χ1v) is 5.65. The van der Waals surface area contributed by atoms with Gasteiger partial charge in [-0.1, -0.05) is 23.2 Å². The maximum Gasteiger partial charge on any atom is 0.147 e. The third-order valence-electron chi connectivity index (χ3n) is 2.36. The van der Waals surface area contributed by atoms with Crippen LogP contribution in [0, 0.1) is 0 Å². The third-order valence-corrected chi connectivity index (χ3v) is 2.86. The Labute approximate surface area is 104 Å². The van der Waals surface area contributed by atoms with Gasteiger partial charge in [-0.25, -0.2) is 0 Å². The SMILES string of the molecule is CC1=NCC(O)COc2c(Cl)cc(Cl)cc21. The van der Waals surface area contributed by atoms with Gasteiger partial charge in [-0.2, -0.15) is 0 Å². The normalized spacial score (nSPS) is 20.2. The van der Waals surface area contributed by atoms with Gasteiger partial charge < -0.3 is 9.84 Å². The maximum absolute atomic E-state index is 9.50. The Balaban J connectivity index is 2.54. The van der Waals surface area contributed by atoms with E-state index in [2.05, 4.69) is 4.99 Å². The zero-order valence-electron chi connectivity index (χ0n) is 8.70. The van der Waals surface area contributed by atoms with Crippen molar-refractivity contribution in [3.8, 4) is 5.75 Å². The molecule has 3 nitrogen and oxygen atoms in total. The van der Waals surface area contributed by atoms with Crippen molar-refractivity contribution < 1.29 is 9.84 Å². The van der Waals surface area contributed by atoms with Gasteiger partial charge in [0.25, 0.3) is 0 Å². The van der Waals surface area contributed by atoms with Crippen LogP contribution in [0.3, 0.4) is 0 Å². The van der Waals surface area contributed by atoms with Crippen LogP contribution in [-0.2, 0) is 0 Å². The zero-order valence-corrected chi connectivity index (χ0v) is 10.2. The molecule has 1 aliphatic heterocycles. The highest BCUT2D eigenvalue weighted by atomic mass is 35.5. The number of hydrogen-bond acceptors (Lipinski definition) is 3. The molecular formula is C11H11Cl2NO2. The number of nitrogens with zero attached hydrogens (tertiary/aromatic N) is 1. The highest BCUT2D eigenvalue weighted by molar-refractivity contribution is 6.36. The standard InChI is InChI=1S/C11H11Cl2NO2/c1-6-9-2-7(12)3-10(13)11(9)16-5-8(15)4-14-6/h2-3,8,15H,4-5H2,1H3. The Bertz CT molecular complexity index is 446. The topological polar surface area (TPSA) is 41.8 Å². The number of ether oxygens (including phenoxy) is 1. The number of fused-ring (bicyclic) bond motifs is 1. The number of aliphatic imine (C=N–C) groups is 1. The third kappa shape index (κ3) is 2.32. The number of hydrogen-bond donors (Lipinski definition) is 1. The molecule has 0 amide bonds. The van der Waals surface area contributed by atoms with Gasteiger partial charge >= 0.3 is 0 Å². The lowest BCUT2D eigenvalue weighted by molar-refractivity contribution is 0.113. The predicted molar refractivity (Wildman–Crippen MR) is 65.0 cm³/mol. The molecule has 1 unspecified atom stereocenters. The Kier molecular flexibility index (Phi) is 3.38. The molecule has 1 aromatic rings. The number of rotatable bonds is 0. The summed E-state index contributed by atoms with van der Waals surface area (Å²) in [7, 11) is 0. The Morgan fingerprint density at radius 3 is 2.94 bits per heavy atom. The minimum Gasteiger partial charge on any atom is -0.489 e. The summed E-state index contributed by atoms with van der Waals surface area (Å²) in [4.78, 5) is 4.26. The van der Waals surface area contributed by atoms with Crippen LogP contribution in [-0.4, -0.2) is 30.1 Å². The van der Waals surface area contributed by atoms with E-state index in [0.717, 1.165) is 11.3 Å². The van der Waals surface area contributed by atoms with Gasteiger partial charge in [0.15, 0.2) is 0 Å². The molecule has 1 aromatic carbocycles. The van der Waals surface area contributed by atoms with Crippen molar-refractivity contribution in [2.45, 2.75) is 13.0 Å². The second-order valence-corrected chi connectivity index (χ2v) is 4.50. The van der Waals surface area contributed by atoms with Gasteiger partial charge in [0.05, 0.1) is 11.6 Å². The molecule has 1 heterocycles. The summed E-state index contributed by atoms with van der Waals surface area (Å²) in [5.74, 6) is 0.533. The molecule has 1 atom stereocenters. The number of aliphatic hydroxyl groups excluding tert-OH is 1. The largest absolute Gasteiger partial charge is 0.489 e. The van der Waals surface area contributed by atoms with Gasteiger partial charge in [0.2, 0.25) is 0 Å². The molecular weight excluding hydrogens is 249 g/mol. The predicted octanol–water partition coefficient (Wildman–Crippen LogP) is 2.56. The fourth-order valence-electron chi connectivity index (χ4n) is 1.54. The molecule has 0 saturated heterocycles. The van der Waals surface area contributed by atoms with E-state index >= 15 is 0 Å². The summed E-state index contributed by atoms with van der Waals surface area (Å²) in [5.41, 5.74) is 1.54. The van der Waals surface area contributed by atoms with Crippen LogP contribution >= 0.6 is 23.2 Å². The lowest BCUT2D eigenvalue weighted by Gasteiger charge is -2.19. The van der Waals surface area contributed by atoms with Crippen molar-refractivity contribution in [2.24, 2.45) is 4.99 Å². The summed E-state index contributed by atoms with van der Waals surface area (Å²) >= 11 is 12.0. The maximum atomic E-state index is 9.50. The molecule has 0 radical (unpaired) electrons. The van der Waals surface area contributed by atoms with Gasteiger partial charge in [-0.3, -0.25) is 4.99 Å². The van der Waals surface area contributed by atoms with Crippen LogP contribution in [0.1, 0.15) is 12.5 Å². The fraction of sp³-hybridized carbons (Fsp3) is 0.364. The monoisotopic (exact) mass is 259 g/mol. The van der Waals surface area contributed by atoms with Crippen LogP contribution in [0.2, 0.25) is 10.0 Å². The first-order chi connectivity index (χ1) is 7.58. The van der Waals surface area contributed by atoms with Crippen molar-refractivity contribution in [3.05, 3.63) is 27.7 Å². The van der Waals surface area contributed by atoms with Crippen LogP contribution in [0.15, 0.2) is 17.1 Å². The van der Waals surface area contributed by atoms with E-state index in [0.29, 0.717) is 22.3 Å². The average molecular weight is 260 g/mol. The minimum atomic E-state index is -0.602. The molecule has 0 aromatic heterocycles. The summed E-state index contributed by atoms with van der Waals surface area (Å²) < 4.78 is 5.48. The van der Waals surface area contributed by atoms with Crippen molar-refractivity contribution in [2.75, 3.05) is 13.2 Å². The van der Waals surface area contributed by atoms with Crippen LogP contribution in [0.25, 0.3) is 0 Å². The molecule has 1 N–H and O–H groups in total. The highest BCUT2D eigenvalue weighted by Gasteiger charge is 2.17. The van der Waals surface area contributed by atoms with Crippen LogP contribution < -0.4 is 4.74 Å². The van der Waals surface area contributed by atoms with E-state index in [4.69, 9.17) is 27.9 Å². The molecule has 0 saturated carbocycles. The summed E-state index contributed by atoms with van der Waals surface area (Å²) in [5, 5.41) is 10.5. The molecule has 5 heteroatoms. The zero-order chi connectivity index (χ0) is 11.7. The van der Waals surface area contributed by atoms with Gasteiger partial charge in [-0.05, 0) is 19.1 Å². The van der Waals surface area contributed by atoms with Gasteiger partial charge in [0.1, 0.15) is 18.5 Å². The molecule has 0 spiro atoms. The molecule has 0 aliphatic carbocycles. The summed E-state index contributed by atoms with van der Waals surface area (Å²) in [6, 6.07) is 3.38.